The Labute approximate surface area is 156 Å². The van der Waals surface area contributed by atoms with Gasteiger partial charge in [-0.1, -0.05) is 48.5 Å². The van der Waals surface area contributed by atoms with E-state index in [0.29, 0.717) is 18.5 Å². The molecular weight excluding hydrogens is 341 g/mol. The van der Waals surface area contributed by atoms with Crippen molar-refractivity contribution < 1.29 is 0 Å². The van der Waals surface area contributed by atoms with Crippen LogP contribution in [0.4, 0.5) is 0 Å². The monoisotopic (exact) mass is 365 g/mol. The molecule has 0 spiro atoms. The largest absolute Gasteiger partial charge is 0.326 e. The Kier molecular flexibility index (Phi) is 6.67. The minimum absolute atomic E-state index is 0. The molecule has 3 N–H and O–H groups in total. The Bertz CT molecular complexity index is 677. The first-order valence-electron chi connectivity index (χ1n) is 8.20. The summed E-state index contributed by atoms with van der Waals surface area (Å²) in [7, 11) is 0. The summed E-state index contributed by atoms with van der Waals surface area (Å²) in [6, 6.07) is 18.1. The molecule has 0 bridgehead atoms. The van der Waals surface area contributed by atoms with Crippen molar-refractivity contribution in [1.29, 1.82) is 0 Å². The van der Waals surface area contributed by atoms with Gasteiger partial charge in [0, 0.05) is 44.7 Å². The quantitative estimate of drug-likeness (QED) is 0.858. The van der Waals surface area contributed by atoms with Crippen molar-refractivity contribution in [3.63, 3.8) is 0 Å². The fraction of sp³-hybridized carbons (Fsp3) is 0.368. The van der Waals surface area contributed by atoms with Crippen molar-refractivity contribution in [2.75, 3.05) is 26.2 Å². The molecule has 3 nitrogen and oxygen atoms in total. The lowest BCUT2D eigenvalue weighted by Gasteiger charge is -2.44. The lowest BCUT2D eigenvalue weighted by atomic mass is 9.79. The van der Waals surface area contributed by atoms with E-state index in [2.05, 4.69) is 58.7 Å². The molecule has 0 saturated carbocycles. The molecule has 0 unspecified atom stereocenters. The number of benzene rings is 2. The molecular formula is C19H25Cl2N3. The van der Waals surface area contributed by atoms with E-state index >= 15 is 0 Å². The molecule has 0 radical (unpaired) electrons. The molecule has 2 aliphatic rings. The van der Waals surface area contributed by atoms with Gasteiger partial charge in [0.05, 0.1) is 0 Å². The second-order valence-corrected chi connectivity index (χ2v) is 6.30. The zero-order valence-corrected chi connectivity index (χ0v) is 15.3. The van der Waals surface area contributed by atoms with E-state index in [-0.39, 0.29) is 24.8 Å². The van der Waals surface area contributed by atoms with E-state index in [1.165, 1.54) is 22.3 Å². The van der Waals surface area contributed by atoms with Crippen LogP contribution in [-0.2, 0) is 6.54 Å². The number of piperazine rings is 1. The summed E-state index contributed by atoms with van der Waals surface area (Å²) in [5.74, 6) is 0.435. The SMILES string of the molecule is Cl.Cl.NCc1ccccc1[C@@H]1CN2CCNC[C@@H]2c2ccccc21. The Morgan fingerprint density at radius 2 is 1.62 bits per heavy atom. The topological polar surface area (TPSA) is 41.3 Å². The predicted molar refractivity (Wildman–Crippen MR) is 104 cm³/mol. The number of hydrogen-bond acceptors (Lipinski definition) is 3. The third-order valence-electron chi connectivity index (χ3n) is 5.15. The molecule has 1 saturated heterocycles. The van der Waals surface area contributed by atoms with Crippen molar-refractivity contribution in [3.8, 4) is 0 Å². The van der Waals surface area contributed by atoms with Crippen LogP contribution in [-0.4, -0.2) is 31.1 Å². The predicted octanol–water partition coefficient (Wildman–Crippen LogP) is 3.08. The molecule has 1 fully saturated rings. The van der Waals surface area contributed by atoms with Gasteiger partial charge >= 0.3 is 0 Å². The van der Waals surface area contributed by atoms with Gasteiger partial charge in [-0.3, -0.25) is 4.90 Å². The summed E-state index contributed by atoms with van der Waals surface area (Å²) >= 11 is 0. The van der Waals surface area contributed by atoms with Crippen LogP contribution in [0.5, 0.6) is 0 Å². The molecule has 0 aliphatic carbocycles. The minimum atomic E-state index is 0. The van der Waals surface area contributed by atoms with Gasteiger partial charge in [0.25, 0.3) is 0 Å². The zero-order valence-electron chi connectivity index (χ0n) is 13.7. The van der Waals surface area contributed by atoms with Crippen LogP contribution in [0.25, 0.3) is 0 Å². The normalized spacial score (nSPS) is 22.5. The standard InChI is InChI=1S/C19H23N3.2ClH/c20-11-14-5-1-2-6-15(14)18-13-22-10-9-21-12-19(22)17-8-4-3-7-16(17)18;;/h1-8,18-19,21H,9-13,20H2;2*1H/t18-,19+;;/m0../s1. The van der Waals surface area contributed by atoms with Crippen LogP contribution in [0, 0.1) is 0 Å². The molecule has 2 atom stereocenters. The third-order valence-corrected chi connectivity index (χ3v) is 5.15. The van der Waals surface area contributed by atoms with Gasteiger partial charge in [-0.25, -0.2) is 0 Å². The fourth-order valence-corrected chi connectivity index (χ4v) is 4.06. The smallest absolute Gasteiger partial charge is 0.0476 e. The number of nitrogens with zero attached hydrogens (tertiary/aromatic N) is 1. The molecule has 0 amide bonds. The maximum Gasteiger partial charge on any atom is 0.0476 e. The van der Waals surface area contributed by atoms with Crippen LogP contribution >= 0.6 is 24.8 Å². The van der Waals surface area contributed by atoms with Crippen molar-refractivity contribution in [2.45, 2.75) is 18.5 Å². The van der Waals surface area contributed by atoms with Crippen molar-refractivity contribution >= 4 is 24.8 Å². The van der Waals surface area contributed by atoms with E-state index in [9.17, 15) is 0 Å². The van der Waals surface area contributed by atoms with Crippen LogP contribution in [0.15, 0.2) is 48.5 Å². The van der Waals surface area contributed by atoms with E-state index in [1.54, 1.807) is 0 Å². The molecule has 4 rings (SSSR count). The summed E-state index contributed by atoms with van der Waals surface area (Å²) in [6.45, 7) is 4.98. The summed E-state index contributed by atoms with van der Waals surface area (Å²) in [4.78, 5) is 2.64. The number of nitrogens with one attached hydrogen (secondary N) is 1. The Balaban J connectivity index is 0.00000104. The average molecular weight is 366 g/mol. The van der Waals surface area contributed by atoms with Crippen LogP contribution in [0.2, 0.25) is 0 Å². The second kappa shape index (κ2) is 8.32. The highest BCUT2D eigenvalue weighted by molar-refractivity contribution is 5.85. The first-order chi connectivity index (χ1) is 10.9. The van der Waals surface area contributed by atoms with Crippen molar-refractivity contribution in [3.05, 3.63) is 70.8 Å². The highest BCUT2D eigenvalue weighted by Gasteiger charge is 2.35. The number of fused-ring (bicyclic) bond motifs is 3. The summed E-state index contributed by atoms with van der Waals surface area (Å²) in [5.41, 5.74) is 11.6. The van der Waals surface area contributed by atoms with Crippen LogP contribution in [0.3, 0.4) is 0 Å². The van der Waals surface area contributed by atoms with Gasteiger partial charge in [-0.2, -0.15) is 0 Å². The zero-order chi connectivity index (χ0) is 14.9. The van der Waals surface area contributed by atoms with E-state index in [1.807, 2.05) is 0 Å². The van der Waals surface area contributed by atoms with Gasteiger partial charge in [0.2, 0.25) is 0 Å². The molecule has 2 aliphatic heterocycles. The molecule has 24 heavy (non-hydrogen) atoms. The third kappa shape index (κ3) is 3.32. The highest BCUT2D eigenvalue weighted by Crippen LogP contribution is 2.40. The van der Waals surface area contributed by atoms with Gasteiger partial charge in [-0.05, 0) is 22.3 Å². The first kappa shape index (κ1) is 19.2. The molecule has 2 heterocycles. The Morgan fingerprint density at radius 3 is 2.38 bits per heavy atom. The lowest BCUT2D eigenvalue weighted by molar-refractivity contribution is 0.143. The second-order valence-electron chi connectivity index (χ2n) is 6.30. The molecule has 2 aromatic rings. The summed E-state index contributed by atoms with van der Waals surface area (Å²) in [6.07, 6.45) is 0. The maximum absolute atomic E-state index is 5.99. The van der Waals surface area contributed by atoms with E-state index in [4.69, 9.17) is 5.73 Å². The lowest BCUT2D eigenvalue weighted by Crippen LogP contribution is -2.50. The summed E-state index contributed by atoms with van der Waals surface area (Å²) < 4.78 is 0. The fourth-order valence-electron chi connectivity index (χ4n) is 4.06. The van der Waals surface area contributed by atoms with Gasteiger partial charge < -0.3 is 11.1 Å². The van der Waals surface area contributed by atoms with Gasteiger partial charge in [0.1, 0.15) is 0 Å². The Morgan fingerprint density at radius 1 is 0.958 bits per heavy atom. The highest BCUT2D eigenvalue weighted by atomic mass is 35.5. The van der Waals surface area contributed by atoms with Crippen molar-refractivity contribution in [2.24, 2.45) is 5.73 Å². The van der Waals surface area contributed by atoms with E-state index in [0.717, 1.165) is 26.2 Å². The van der Waals surface area contributed by atoms with Crippen molar-refractivity contribution in [1.82, 2.24) is 10.2 Å². The number of halogens is 2. The van der Waals surface area contributed by atoms with Gasteiger partial charge in [0.15, 0.2) is 0 Å². The van der Waals surface area contributed by atoms with Crippen LogP contribution in [0.1, 0.15) is 34.2 Å². The van der Waals surface area contributed by atoms with Gasteiger partial charge in [-0.15, -0.1) is 24.8 Å². The molecule has 2 aromatic carbocycles. The Hall–Kier alpha value is -1.10. The number of rotatable bonds is 2. The first-order valence-corrected chi connectivity index (χ1v) is 8.20. The molecule has 130 valence electrons. The molecule has 0 aromatic heterocycles. The number of hydrogen-bond donors (Lipinski definition) is 2. The van der Waals surface area contributed by atoms with Crippen LogP contribution < -0.4 is 11.1 Å². The van der Waals surface area contributed by atoms with E-state index < -0.39 is 0 Å². The number of nitrogens with two attached hydrogens (primary N) is 1. The summed E-state index contributed by atoms with van der Waals surface area (Å²) in [5, 5.41) is 3.54. The maximum atomic E-state index is 5.99. The minimum Gasteiger partial charge on any atom is -0.326 e. The average Bonchev–Trinajstić information content (AvgIpc) is 2.61. The molecule has 5 heteroatoms.